The van der Waals surface area contributed by atoms with Crippen molar-refractivity contribution in [3.05, 3.63) is 47.2 Å². The molecule has 2 N–H and O–H groups in total. The lowest BCUT2D eigenvalue weighted by molar-refractivity contribution is 0.414. The van der Waals surface area contributed by atoms with Gasteiger partial charge < -0.3 is 10.1 Å². The zero-order valence-electron chi connectivity index (χ0n) is 10.9. The SMILES string of the molecule is COc1cc(Cl)cc(CNc2cnc3[nH]ncc3c2)c1. The summed E-state index contributed by atoms with van der Waals surface area (Å²) in [7, 11) is 1.62. The summed E-state index contributed by atoms with van der Waals surface area (Å²) >= 11 is 6.04. The number of H-pyrrole nitrogens is 1. The molecule has 5 nitrogen and oxygen atoms in total. The van der Waals surface area contributed by atoms with Crippen molar-refractivity contribution in [2.75, 3.05) is 12.4 Å². The number of aromatic amines is 1. The smallest absolute Gasteiger partial charge is 0.155 e. The first-order chi connectivity index (χ1) is 9.74. The molecule has 0 spiro atoms. The van der Waals surface area contributed by atoms with E-state index in [1.807, 2.05) is 18.2 Å². The minimum Gasteiger partial charge on any atom is -0.497 e. The van der Waals surface area contributed by atoms with Crippen LogP contribution in [0.25, 0.3) is 11.0 Å². The number of fused-ring (bicyclic) bond motifs is 1. The van der Waals surface area contributed by atoms with Gasteiger partial charge >= 0.3 is 0 Å². The van der Waals surface area contributed by atoms with E-state index in [9.17, 15) is 0 Å². The number of rotatable bonds is 4. The molecule has 6 heteroatoms. The Bertz CT molecular complexity index is 741. The lowest BCUT2D eigenvalue weighted by atomic mass is 10.2. The van der Waals surface area contributed by atoms with Gasteiger partial charge in [-0.25, -0.2) is 4.98 Å². The monoisotopic (exact) mass is 288 g/mol. The lowest BCUT2D eigenvalue weighted by Crippen LogP contribution is -2.00. The number of methoxy groups -OCH3 is 1. The Hall–Kier alpha value is -2.27. The first kappa shape index (κ1) is 12.7. The molecule has 2 heterocycles. The van der Waals surface area contributed by atoms with Gasteiger partial charge in [-0.1, -0.05) is 11.6 Å². The van der Waals surface area contributed by atoms with Crippen LogP contribution in [0.15, 0.2) is 36.7 Å². The van der Waals surface area contributed by atoms with Gasteiger partial charge in [-0.2, -0.15) is 5.10 Å². The highest BCUT2D eigenvalue weighted by Gasteiger charge is 2.02. The summed E-state index contributed by atoms with van der Waals surface area (Å²) < 4.78 is 5.20. The van der Waals surface area contributed by atoms with Crippen LogP contribution in [0.1, 0.15) is 5.56 Å². The van der Waals surface area contributed by atoms with Crippen molar-refractivity contribution in [2.24, 2.45) is 0 Å². The van der Waals surface area contributed by atoms with Gasteiger partial charge in [0.25, 0.3) is 0 Å². The molecule has 0 bridgehead atoms. The molecular formula is C14H13ClN4O. The van der Waals surface area contributed by atoms with Crippen LogP contribution in [0.4, 0.5) is 5.69 Å². The maximum Gasteiger partial charge on any atom is 0.155 e. The van der Waals surface area contributed by atoms with Crippen LogP contribution in [-0.4, -0.2) is 22.3 Å². The molecule has 0 radical (unpaired) electrons. The van der Waals surface area contributed by atoms with E-state index < -0.39 is 0 Å². The fraction of sp³-hybridized carbons (Fsp3) is 0.143. The topological polar surface area (TPSA) is 62.8 Å². The molecule has 0 aliphatic carbocycles. The molecule has 0 aliphatic rings. The Morgan fingerprint density at radius 3 is 3.00 bits per heavy atom. The number of hydrogen-bond acceptors (Lipinski definition) is 4. The fourth-order valence-corrected chi connectivity index (χ4v) is 2.23. The number of ether oxygens (including phenoxy) is 1. The van der Waals surface area contributed by atoms with Crippen LogP contribution in [0.3, 0.4) is 0 Å². The van der Waals surface area contributed by atoms with Crippen molar-refractivity contribution in [3.63, 3.8) is 0 Å². The average Bonchev–Trinajstić information content (AvgIpc) is 2.92. The lowest BCUT2D eigenvalue weighted by Gasteiger charge is -2.08. The first-order valence-corrected chi connectivity index (χ1v) is 6.49. The van der Waals surface area contributed by atoms with Crippen LogP contribution in [0.2, 0.25) is 5.02 Å². The van der Waals surface area contributed by atoms with Crippen molar-refractivity contribution < 1.29 is 4.74 Å². The van der Waals surface area contributed by atoms with Crippen LogP contribution < -0.4 is 10.1 Å². The minimum atomic E-state index is 0.641. The van der Waals surface area contributed by atoms with E-state index >= 15 is 0 Å². The third-order valence-electron chi connectivity index (χ3n) is 2.95. The Morgan fingerprint density at radius 2 is 2.15 bits per heavy atom. The molecule has 0 saturated heterocycles. The second kappa shape index (κ2) is 5.38. The third kappa shape index (κ3) is 2.67. The van der Waals surface area contributed by atoms with E-state index in [1.165, 1.54) is 0 Å². The first-order valence-electron chi connectivity index (χ1n) is 6.11. The number of hydrogen-bond donors (Lipinski definition) is 2. The van der Waals surface area contributed by atoms with Gasteiger partial charge in [0.1, 0.15) is 5.75 Å². The highest BCUT2D eigenvalue weighted by molar-refractivity contribution is 6.30. The van der Waals surface area contributed by atoms with Crippen molar-refractivity contribution in [1.82, 2.24) is 15.2 Å². The fourth-order valence-electron chi connectivity index (χ4n) is 1.98. The second-order valence-corrected chi connectivity index (χ2v) is 4.82. The molecule has 0 aliphatic heterocycles. The van der Waals surface area contributed by atoms with Crippen molar-refractivity contribution in [1.29, 1.82) is 0 Å². The van der Waals surface area contributed by atoms with Gasteiger partial charge in [0.15, 0.2) is 5.65 Å². The summed E-state index contributed by atoms with van der Waals surface area (Å²) in [4.78, 5) is 4.27. The number of pyridine rings is 1. The number of nitrogens with zero attached hydrogens (tertiary/aromatic N) is 2. The minimum absolute atomic E-state index is 0.641. The van der Waals surface area contributed by atoms with Gasteiger partial charge in [-0.15, -0.1) is 0 Å². The number of halogens is 1. The van der Waals surface area contributed by atoms with Crippen LogP contribution in [-0.2, 0) is 6.54 Å². The molecule has 2 aromatic heterocycles. The van der Waals surface area contributed by atoms with Crippen molar-refractivity contribution in [2.45, 2.75) is 6.54 Å². The molecule has 1 aromatic carbocycles. The van der Waals surface area contributed by atoms with E-state index in [-0.39, 0.29) is 0 Å². The van der Waals surface area contributed by atoms with E-state index in [0.717, 1.165) is 28.0 Å². The third-order valence-corrected chi connectivity index (χ3v) is 3.17. The second-order valence-electron chi connectivity index (χ2n) is 4.38. The highest BCUT2D eigenvalue weighted by Crippen LogP contribution is 2.22. The van der Waals surface area contributed by atoms with Crippen LogP contribution in [0.5, 0.6) is 5.75 Å². The van der Waals surface area contributed by atoms with Gasteiger partial charge in [0.2, 0.25) is 0 Å². The molecule has 0 amide bonds. The number of nitrogens with one attached hydrogen (secondary N) is 2. The molecule has 3 rings (SSSR count). The Balaban J connectivity index is 1.76. The van der Waals surface area contributed by atoms with Crippen molar-refractivity contribution in [3.8, 4) is 5.75 Å². The molecule has 0 saturated carbocycles. The molecule has 20 heavy (non-hydrogen) atoms. The Labute approximate surface area is 120 Å². The zero-order chi connectivity index (χ0) is 13.9. The highest BCUT2D eigenvalue weighted by atomic mass is 35.5. The predicted molar refractivity (Wildman–Crippen MR) is 79.2 cm³/mol. The van der Waals surface area contributed by atoms with Gasteiger partial charge in [-0.05, 0) is 29.8 Å². The summed E-state index contributed by atoms with van der Waals surface area (Å²) in [5.74, 6) is 0.748. The van der Waals surface area contributed by atoms with E-state index in [0.29, 0.717) is 11.6 Å². The van der Waals surface area contributed by atoms with Crippen LogP contribution in [0, 0.1) is 0 Å². The zero-order valence-corrected chi connectivity index (χ0v) is 11.6. The van der Waals surface area contributed by atoms with Gasteiger partial charge in [0.05, 0.1) is 25.2 Å². The van der Waals surface area contributed by atoms with Gasteiger partial charge in [0, 0.05) is 17.0 Å². The number of aromatic nitrogens is 3. The van der Waals surface area contributed by atoms with E-state index in [4.69, 9.17) is 16.3 Å². The summed E-state index contributed by atoms with van der Waals surface area (Å²) in [6, 6.07) is 7.63. The molecular weight excluding hydrogens is 276 g/mol. The summed E-state index contributed by atoms with van der Waals surface area (Å²) in [5.41, 5.74) is 2.75. The molecule has 0 fully saturated rings. The Kier molecular flexibility index (Phi) is 3.43. The summed E-state index contributed by atoms with van der Waals surface area (Å²) in [6.07, 6.45) is 3.51. The average molecular weight is 289 g/mol. The molecule has 3 aromatic rings. The number of anilines is 1. The molecule has 102 valence electrons. The largest absolute Gasteiger partial charge is 0.497 e. The summed E-state index contributed by atoms with van der Waals surface area (Å²) in [5, 5.41) is 11.7. The predicted octanol–water partition coefficient (Wildman–Crippen LogP) is 3.23. The summed E-state index contributed by atoms with van der Waals surface area (Å²) in [6.45, 7) is 0.641. The van der Waals surface area contributed by atoms with E-state index in [2.05, 4.69) is 20.5 Å². The normalized spacial score (nSPS) is 10.7. The number of benzene rings is 1. The van der Waals surface area contributed by atoms with E-state index in [1.54, 1.807) is 25.6 Å². The Morgan fingerprint density at radius 1 is 1.25 bits per heavy atom. The van der Waals surface area contributed by atoms with Gasteiger partial charge in [-0.3, -0.25) is 5.10 Å². The molecule has 0 atom stereocenters. The van der Waals surface area contributed by atoms with Crippen molar-refractivity contribution >= 4 is 28.3 Å². The standard InChI is InChI=1S/C14H13ClN4O/c1-20-13-3-9(2-11(15)5-13)6-16-12-4-10-7-18-19-14(10)17-8-12/h2-5,7-8,16H,6H2,1H3,(H,17,18,19). The quantitative estimate of drug-likeness (QED) is 0.774. The molecule has 0 unspecified atom stereocenters. The maximum absolute atomic E-state index is 6.04. The van der Waals surface area contributed by atoms with Crippen LogP contribution >= 0.6 is 11.6 Å². The maximum atomic E-state index is 6.04.